The fourth-order valence-electron chi connectivity index (χ4n) is 2.21. The van der Waals surface area contributed by atoms with Gasteiger partial charge in [-0.3, -0.25) is 0 Å². The van der Waals surface area contributed by atoms with Gasteiger partial charge in [0.05, 0.1) is 11.6 Å². The molecule has 1 aliphatic rings. The summed E-state index contributed by atoms with van der Waals surface area (Å²) in [6, 6.07) is 0. The van der Waals surface area contributed by atoms with Crippen LogP contribution < -0.4 is 0 Å². The minimum atomic E-state index is -5.87. The number of aromatic hydroxyl groups is 2. The third-order valence-corrected chi connectivity index (χ3v) is 3.82. The Hall–Kier alpha value is -1.81. The molecule has 0 saturated carbocycles. The highest BCUT2D eigenvalue weighted by atomic mass is 35.5. The molecule has 0 fully saturated rings. The monoisotopic (exact) mass is 362 g/mol. The number of rotatable bonds is 2. The zero-order valence-corrected chi connectivity index (χ0v) is 11.7. The smallest absolute Gasteiger partial charge is 0.456 e. The first-order chi connectivity index (χ1) is 10.4. The number of fused-ring (bicyclic) bond motifs is 1. The molecule has 23 heavy (non-hydrogen) atoms. The molecule has 11 heteroatoms. The third-order valence-electron chi connectivity index (χ3n) is 3.41. The Morgan fingerprint density at radius 2 is 1.70 bits per heavy atom. The lowest BCUT2D eigenvalue weighted by molar-refractivity contribution is -0.321. The number of halogens is 6. The molecule has 0 spiro atoms. The van der Waals surface area contributed by atoms with Gasteiger partial charge < -0.3 is 20.1 Å². The van der Waals surface area contributed by atoms with E-state index in [4.69, 9.17) is 16.7 Å². The number of ether oxygens (including phenoxy) is 1. The zero-order valence-electron chi connectivity index (χ0n) is 10.9. The van der Waals surface area contributed by atoms with E-state index in [9.17, 15) is 37.0 Å². The van der Waals surface area contributed by atoms with Gasteiger partial charge in [0.1, 0.15) is 17.4 Å². The molecule has 0 amide bonds. The summed E-state index contributed by atoms with van der Waals surface area (Å²) < 4.78 is 68.3. The highest BCUT2D eigenvalue weighted by Crippen LogP contribution is 2.48. The van der Waals surface area contributed by atoms with Crippen LogP contribution in [0.25, 0.3) is 0 Å². The second kappa shape index (κ2) is 5.38. The zero-order chi connectivity index (χ0) is 17.7. The fourth-order valence-corrected chi connectivity index (χ4v) is 2.49. The van der Waals surface area contributed by atoms with Crippen molar-refractivity contribution in [2.75, 3.05) is 0 Å². The van der Waals surface area contributed by atoms with E-state index in [-0.39, 0.29) is 5.56 Å². The van der Waals surface area contributed by atoms with Crippen LogP contribution in [0.3, 0.4) is 0 Å². The first kappa shape index (κ1) is 17.5. The van der Waals surface area contributed by atoms with Crippen LogP contribution in [0.15, 0.2) is 0 Å². The summed E-state index contributed by atoms with van der Waals surface area (Å²) in [6.45, 7) is -0.919. The molecule has 1 heterocycles. The maximum atomic E-state index is 13.3. The molecular formula is C12H8ClF5O5. The van der Waals surface area contributed by atoms with Gasteiger partial charge in [-0.1, -0.05) is 11.6 Å². The van der Waals surface area contributed by atoms with Gasteiger partial charge in [0.2, 0.25) is 0 Å². The van der Waals surface area contributed by atoms with Crippen molar-refractivity contribution in [2.45, 2.75) is 31.2 Å². The van der Waals surface area contributed by atoms with E-state index >= 15 is 0 Å². The van der Waals surface area contributed by atoms with E-state index in [1.165, 1.54) is 0 Å². The highest BCUT2D eigenvalue weighted by Gasteiger charge is 2.63. The van der Waals surface area contributed by atoms with Crippen molar-refractivity contribution in [1.82, 2.24) is 0 Å². The largest absolute Gasteiger partial charge is 0.507 e. The number of hydrogen-bond donors (Lipinski definition) is 3. The van der Waals surface area contributed by atoms with Gasteiger partial charge in [-0.25, -0.2) is 4.79 Å². The number of carboxylic acids is 1. The molecule has 1 aromatic carbocycles. The molecule has 0 aliphatic carbocycles. The minimum Gasteiger partial charge on any atom is -0.507 e. The number of carboxylic acid groups (broad SMARTS) is 1. The van der Waals surface area contributed by atoms with Crippen molar-refractivity contribution in [2.24, 2.45) is 0 Å². The third kappa shape index (κ3) is 2.65. The lowest BCUT2D eigenvalue weighted by Gasteiger charge is -2.33. The van der Waals surface area contributed by atoms with Gasteiger partial charge in [0.15, 0.2) is 5.75 Å². The predicted molar refractivity (Wildman–Crippen MR) is 65.0 cm³/mol. The molecular weight excluding hydrogens is 355 g/mol. The number of phenols is 2. The quantitative estimate of drug-likeness (QED) is 0.704. The summed E-state index contributed by atoms with van der Waals surface area (Å²) in [6.07, 6.45) is -9.56. The Morgan fingerprint density at radius 3 is 2.17 bits per heavy atom. The average Bonchev–Trinajstić information content (AvgIpc) is 2.43. The molecule has 1 aliphatic heterocycles. The van der Waals surface area contributed by atoms with E-state index in [2.05, 4.69) is 4.74 Å². The molecule has 1 atom stereocenters. The molecule has 0 bridgehead atoms. The number of alkyl halides is 5. The van der Waals surface area contributed by atoms with Gasteiger partial charge in [-0.05, 0) is 5.56 Å². The lowest BCUT2D eigenvalue weighted by Crippen LogP contribution is -2.50. The molecule has 1 aromatic rings. The van der Waals surface area contributed by atoms with Crippen molar-refractivity contribution < 1.29 is 46.8 Å². The fraction of sp³-hybridized carbons (Fsp3) is 0.417. The first-order valence-electron chi connectivity index (χ1n) is 5.94. The normalized spacial score (nSPS) is 18.6. The van der Waals surface area contributed by atoms with Crippen LogP contribution in [-0.2, 0) is 17.8 Å². The van der Waals surface area contributed by atoms with E-state index in [1.807, 2.05) is 0 Å². The maximum Gasteiger partial charge on any atom is 0.456 e. The lowest BCUT2D eigenvalue weighted by atomic mass is 9.92. The molecule has 0 aromatic heterocycles. The Morgan fingerprint density at radius 1 is 1.13 bits per heavy atom. The molecule has 2 rings (SSSR count). The van der Waals surface area contributed by atoms with Crippen molar-refractivity contribution in [3.05, 3.63) is 21.7 Å². The number of benzene rings is 1. The summed E-state index contributed by atoms with van der Waals surface area (Å²) in [5, 5.41) is 27.6. The van der Waals surface area contributed by atoms with Crippen LogP contribution in [0.2, 0.25) is 5.02 Å². The summed E-state index contributed by atoms with van der Waals surface area (Å²) in [7, 11) is 0. The van der Waals surface area contributed by atoms with Crippen LogP contribution in [-0.4, -0.2) is 39.5 Å². The van der Waals surface area contributed by atoms with Crippen molar-refractivity contribution >= 4 is 17.6 Å². The summed E-state index contributed by atoms with van der Waals surface area (Å²) >= 11 is 5.66. The highest BCUT2D eigenvalue weighted by molar-refractivity contribution is 6.33. The Balaban J connectivity index is 2.53. The van der Waals surface area contributed by atoms with Gasteiger partial charge in [0, 0.05) is 12.0 Å². The summed E-state index contributed by atoms with van der Waals surface area (Å²) in [5.41, 5.74) is -1.77. The molecule has 0 radical (unpaired) electrons. The molecule has 0 saturated heterocycles. The molecule has 1 unspecified atom stereocenters. The minimum absolute atomic E-state index is 0.362. The van der Waals surface area contributed by atoms with Gasteiger partial charge >= 0.3 is 18.1 Å². The van der Waals surface area contributed by atoms with Crippen LogP contribution in [0.4, 0.5) is 22.0 Å². The standard InChI is InChI=1S/C12H8ClF5O5/c13-7-3-1-5(11(14,15)12(16,17)18)23-2-4(3)8(19)6(9(7)20)10(21)22/h5,19-20H,1-2H2,(H,21,22). The SMILES string of the molecule is O=C(O)c1c(O)c(Cl)c2c(c1O)COC(C(F)(F)C(F)(F)F)C2. The van der Waals surface area contributed by atoms with Crippen LogP contribution >= 0.6 is 11.6 Å². The van der Waals surface area contributed by atoms with Gasteiger partial charge in [-0.15, -0.1) is 0 Å². The second-order valence-corrected chi connectivity index (χ2v) is 5.15. The number of hydrogen-bond acceptors (Lipinski definition) is 4. The molecule has 5 nitrogen and oxygen atoms in total. The van der Waals surface area contributed by atoms with Crippen molar-refractivity contribution in [3.8, 4) is 11.5 Å². The predicted octanol–water partition coefficient (Wildman–Crippen LogP) is 3.09. The van der Waals surface area contributed by atoms with Gasteiger partial charge in [-0.2, -0.15) is 22.0 Å². The van der Waals surface area contributed by atoms with Crippen molar-refractivity contribution in [1.29, 1.82) is 0 Å². The average molecular weight is 363 g/mol. The summed E-state index contributed by atoms with van der Waals surface area (Å²) in [5.74, 6) is -9.06. The summed E-state index contributed by atoms with van der Waals surface area (Å²) in [4.78, 5) is 10.9. The van der Waals surface area contributed by atoms with Crippen molar-refractivity contribution in [3.63, 3.8) is 0 Å². The van der Waals surface area contributed by atoms with Crippen LogP contribution in [0, 0.1) is 0 Å². The Bertz CT molecular complexity index is 673. The van der Waals surface area contributed by atoms with E-state index in [0.717, 1.165) is 0 Å². The van der Waals surface area contributed by atoms with E-state index < -0.39 is 64.8 Å². The molecule has 3 N–H and O–H groups in total. The maximum absolute atomic E-state index is 13.3. The Kier molecular flexibility index (Phi) is 4.10. The number of aromatic carboxylic acids is 1. The number of carbonyl (C=O) groups is 1. The van der Waals surface area contributed by atoms with E-state index in [0.29, 0.717) is 0 Å². The van der Waals surface area contributed by atoms with Crippen LogP contribution in [0.1, 0.15) is 21.5 Å². The topological polar surface area (TPSA) is 87.0 Å². The van der Waals surface area contributed by atoms with Gasteiger partial charge in [0.25, 0.3) is 0 Å². The first-order valence-corrected chi connectivity index (χ1v) is 6.32. The second-order valence-electron chi connectivity index (χ2n) is 4.77. The molecule has 128 valence electrons. The van der Waals surface area contributed by atoms with E-state index in [1.54, 1.807) is 0 Å². The Labute approximate surface area is 129 Å². The van der Waals surface area contributed by atoms with Crippen LogP contribution in [0.5, 0.6) is 11.5 Å².